The number of nitrogens with zero attached hydrogens (tertiary/aromatic N) is 4. The van der Waals surface area contributed by atoms with Crippen LogP contribution in [0.15, 0.2) is 59.8 Å². The number of nitro groups is 1. The second-order valence-electron chi connectivity index (χ2n) is 5.97. The van der Waals surface area contributed by atoms with E-state index in [1.807, 2.05) is 41.8 Å². The zero-order valence-electron chi connectivity index (χ0n) is 15.4. The van der Waals surface area contributed by atoms with Crippen LogP contribution in [0, 0.1) is 10.1 Å². The molecule has 8 nitrogen and oxygen atoms in total. The number of aromatic nitrogens is 3. The fourth-order valence-electron chi connectivity index (χ4n) is 2.61. The number of carbonyl (C=O) groups is 1. The van der Waals surface area contributed by atoms with Crippen molar-refractivity contribution in [1.29, 1.82) is 0 Å². The van der Waals surface area contributed by atoms with E-state index in [2.05, 4.69) is 15.5 Å². The highest BCUT2D eigenvalue weighted by atomic mass is 32.2. The summed E-state index contributed by atoms with van der Waals surface area (Å²) in [7, 11) is 0. The van der Waals surface area contributed by atoms with Gasteiger partial charge in [0, 0.05) is 29.9 Å². The van der Waals surface area contributed by atoms with Gasteiger partial charge in [-0.3, -0.25) is 14.9 Å². The minimum Gasteiger partial charge on any atom is -0.325 e. The summed E-state index contributed by atoms with van der Waals surface area (Å²) in [6.07, 6.45) is 0. The van der Waals surface area contributed by atoms with Crippen LogP contribution in [0.4, 0.5) is 11.4 Å². The Hall–Kier alpha value is -3.20. The largest absolute Gasteiger partial charge is 0.325 e. The highest BCUT2D eigenvalue weighted by Gasteiger charge is 2.21. The summed E-state index contributed by atoms with van der Waals surface area (Å²) in [4.78, 5) is 22.9. The van der Waals surface area contributed by atoms with Crippen molar-refractivity contribution in [2.75, 3.05) is 5.32 Å². The maximum absolute atomic E-state index is 12.5. The van der Waals surface area contributed by atoms with Gasteiger partial charge in [-0.1, -0.05) is 48.2 Å². The molecule has 1 unspecified atom stereocenters. The van der Waals surface area contributed by atoms with E-state index in [0.29, 0.717) is 17.4 Å². The molecule has 1 heterocycles. The molecule has 0 aliphatic carbocycles. The third kappa shape index (κ3) is 4.37. The van der Waals surface area contributed by atoms with Crippen LogP contribution in [0.25, 0.3) is 11.4 Å². The normalized spacial score (nSPS) is 11.8. The molecular formula is C19H19N5O3S. The highest BCUT2D eigenvalue weighted by molar-refractivity contribution is 8.00. The van der Waals surface area contributed by atoms with Crippen molar-refractivity contribution < 1.29 is 9.72 Å². The van der Waals surface area contributed by atoms with E-state index < -0.39 is 10.2 Å². The summed E-state index contributed by atoms with van der Waals surface area (Å²) in [6, 6.07) is 15.6. The van der Waals surface area contributed by atoms with Crippen LogP contribution in [0.2, 0.25) is 0 Å². The second kappa shape index (κ2) is 8.66. The molecule has 0 fully saturated rings. The predicted molar refractivity (Wildman–Crippen MR) is 108 cm³/mol. The molecule has 1 amide bonds. The first-order chi connectivity index (χ1) is 13.5. The molecule has 1 N–H and O–H groups in total. The highest BCUT2D eigenvalue weighted by Crippen LogP contribution is 2.27. The molecule has 0 bridgehead atoms. The Morgan fingerprint density at radius 3 is 2.64 bits per heavy atom. The molecular weight excluding hydrogens is 378 g/mol. The first-order valence-corrected chi connectivity index (χ1v) is 9.58. The van der Waals surface area contributed by atoms with Crippen molar-refractivity contribution in [2.45, 2.75) is 30.8 Å². The lowest BCUT2D eigenvalue weighted by atomic mass is 10.2. The number of anilines is 1. The number of thioether (sulfide) groups is 1. The number of hydrogen-bond acceptors (Lipinski definition) is 6. The van der Waals surface area contributed by atoms with E-state index in [1.165, 1.54) is 30.0 Å². The van der Waals surface area contributed by atoms with Gasteiger partial charge in [0.2, 0.25) is 5.91 Å². The number of amides is 1. The molecule has 2 aromatic carbocycles. The number of nitro benzene ring substituents is 1. The van der Waals surface area contributed by atoms with E-state index in [-0.39, 0.29) is 11.6 Å². The van der Waals surface area contributed by atoms with Crippen LogP contribution in [0.3, 0.4) is 0 Å². The summed E-state index contributed by atoms with van der Waals surface area (Å²) in [6.45, 7) is 4.42. The topological polar surface area (TPSA) is 103 Å². The SMILES string of the molecule is CCn1c(SC(C)C(=O)Nc2cccc([N+](=O)[O-])c2)nnc1-c1ccccc1. The maximum atomic E-state index is 12.5. The van der Waals surface area contributed by atoms with Crippen LogP contribution in [-0.4, -0.2) is 30.8 Å². The molecule has 0 radical (unpaired) electrons. The van der Waals surface area contributed by atoms with Gasteiger partial charge in [-0.05, 0) is 19.9 Å². The quantitative estimate of drug-likeness (QED) is 0.367. The van der Waals surface area contributed by atoms with Crippen molar-refractivity contribution >= 4 is 29.0 Å². The molecule has 1 aromatic heterocycles. The predicted octanol–water partition coefficient (Wildman–Crippen LogP) is 3.99. The number of non-ortho nitro benzene ring substituents is 1. The fourth-order valence-corrected chi connectivity index (χ4v) is 3.53. The van der Waals surface area contributed by atoms with E-state index in [9.17, 15) is 14.9 Å². The zero-order chi connectivity index (χ0) is 20.1. The number of carbonyl (C=O) groups excluding carboxylic acids is 1. The molecule has 28 heavy (non-hydrogen) atoms. The van der Waals surface area contributed by atoms with Gasteiger partial charge in [0.25, 0.3) is 5.69 Å². The van der Waals surface area contributed by atoms with E-state index in [4.69, 9.17) is 0 Å². The number of rotatable bonds is 7. The Morgan fingerprint density at radius 1 is 1.21 bits per heavy atom. The van der Waals surface area contributed by atoms with Gasteiger partial charge in [0.15, 0.2) is 11.0 Å². The van der Waals surface area contributed by atoms with Crippen molar-refractivity contribution in [3.8, 4) is 11.4 Å². The minimum absolute atomic E-state index is 0.0728. The van der Waals surface area contributed by atoms with Crippen LogP contribution < -0.4 is 5.32 Å². The summed E-state index contributed by atoms with van der Waals surface area (Å²) in [5, 5.41) is 22.3. The lowest BCUT2D eigenvalue weighted by Crippen LogP contribution is -2.23. The third-order valence-electron chi connectivity index (χ3n) is 4.04. The van der Waals surface area contributed by atoms with Crippen molar-refractivity contribution in [2.24, 2.45) is 0 Å². The van der Waals surface area contributed by atoms with Gasteiger partial charge in [-0.2, -0.15) is 0 Å². The lowest BCUT2D eigenvalue weighted by molar-refractivity contribution is -0.384. The van der Waals surface area contributed by atoms with Crippen LogP contribution in [-0.2, 0) is 11.3 Å². The molecule has 0 aliphatic rings. The molecule has 3 rings (SSSR count). The Labute approximate surface area is 166 Å². The third-order valence-corrected chi connectivity index (χ3v) is 5.12. The zero-order valence-corrected chi connectivity index (χ0v) is 16.2. The summed E-state index contributed by atoms with van der Waals surface area (Å²) < 4.78 is 1.96. The van der Waals surface area contributed by atoms with Gasteiger partial charge in [0.1, 0.15) is 0 Å². The van der Waals surface area contributed by atoms with Gasteiger partial charge in [-0.25, -0.2) is 0 Å². The summed E-state index contributed by atoms with van der Waals surface area (Å²) in [5.74, 6) is 0.481. The van der Waals surface area contributed by atoms with Gasteiger partial charge in [0.05, 0.1) is 10.2 Å². The number of hydrogen-bond donors (Lipinski definition) is 1. The van der Waals surface area contributed by atoms with E-state index in [0.717, 1.165) is 11.4 Å². The summed E-state index contributed by atoms with van der Waals surface area (Å²) in [5.41, 5.74) is 1.27. The standard InChI is InChI=1S/C19H19N5O3S/c1-3-23-17(14-8-5-4-6-9-14)21-22-19(23)28-13(2)18(25)20-15-10-7-11-16(12-15)24(26)27/h4-13H,3H2,1-2H3,(H,20,25). The Kier molecular flexibility index (Phi) is 6.05. The van der Waals surface area contributed by atoms with Crippen LogP contribution >= 0.6 is 11.8 Å². The monoisotopic (exact) mass is 397 g/mol. The molecule has 1 atom stereocenters. The van der Waals surface area contributed by atoms with Crippen molar-refractivity contribution in [3.63, 3.8) is 0 Å². The molecule has 0 saturated heterocycles. The molecule has 3 aromatic rings. The summed E-state index contributed by atoms with van der Waals surface area (Å²) >= 11 is 1.29. The minimum atomic E-state index is -0.497. The second-order valence-corrected chi connectivity index (χ2v) is 7.28. The van der Waals surface area contributed by atoms with Gasteiger partial charge < -0.3 is 9.88 Å². The smallest absolute Gasteiger partial charge is 0.271 e. The van der Waals surface area contributed by atoms with Gasteiger partial charge in [-0.15, -0.1) is 10.2 Å². The fraction of sp³-hybridized carbons (Fsp3) is 0.211. The van der Waals surface area contributed by atoms with Gasteiger partial charge >= 0.3 is 0 Å². The van der Waals surface area contributed by atoms with Crippen molar-refractivity contribution in [3.05, 3.63) is 64.7 Å². The van der Waals surface area contributed by atoms with Crippen LogP contribution in [0.1, 0.15) is 13.8 Å². The van der Waals surface area contributed by atoms with Crippen molar-refractivity contribution in [1.82, 2.24) is 14.8 Å². The number of nitrogens with one attached hydrogen (secondary N) is 1. The molecule has 144 valence electrons. The Bertz CT molecular complexity index is 990. The maximum Gasteiger partial charge on any atom is 0.271 e. The Balaban J connectivity index is 1.73. The number of benzene rings is 2. The lowest BCUT2D eigenvalue weighted by Gasteiger charge is -2.12. The van der Waals surface area contributed by atoms with E-state index >= 15 is 0 Å². The average molecular weight is 397 g/mol. The first-order valence-electron chi connectivity index (χ1n) is 8.70. The first kappa shape index (κ1) is 19.6. The average Bonchev–Trinajstić information content (AvgIpc) is 3.11. The molecule has 9 heteroatoms. The Morgan fingerprint density at radius 2 is 1.96 bits per heavy atom. The van der Waals surface area contributed by atoms with E-state index in [1.54, 1.807) is 13.0 Å². The molecule has 0 spiro atoms. The van der Waals surface area contributed by atoms with Crippen LogP contribution in [0.5, 0.6) is 0 Å². The molecule has 0 saturated carbocycles. The molecule has 0 aliphatic heterocycles.